The summed E-state index contributed by atoms with van der Waals surface area (Å²) in [4.78, 5) is 0.277. The molecule has 0 heterocycles. The van der Waals surface area contributed by atoms with Crippen LogP contribution in [0, 0.1) is 0 Å². The summed E-state index contributed by atoms with van der Waals surface area (Å²) in [5.41, 5.74) is 0.648. The van der Waals surface area contributed by atoms with Gasteiger partial charge in [-0.05, 0) is 42.0 Å². The first-order chi connectivity index (χ1) is 11.7. The average molecular weight is 384 g/mol. The first-order valence-electron chi connectivity index (χ1n) is 7.32. The molecule has 9 heteroatoms. The second-order valence-electron chi connectivity index (χ2n) is 5.43. The number of nitrogens with zero attached hydrogens (tertiary/aromatic N) is 1. The molecule has 0 atom stereocenters. The minimum atomic E-state index is -3.67. The number of benzene rings is 2. The number of hydrogen-bond acceptors (Lipinski definition) is 5. The summed E-state index contributed by atoms with van der Waals surface area (Å²) in [7, 11) is -2.77. The molecule has 136 valence electrons. The molecule has 0 bridgehead atoms. The van der Waals surface area contributed by atoms with Crippen molar-refractivity contribution in [3.8, 4) is 5.75 Å². The van der Waals surface area contributed by atoms with Crippen LogP contribution in [0.4, 0.5) is 0 Å². The Morgan fingerprint density at radius 2 is 1.40 bits per heavy atom. The fraction of sp³-hybridized carbons (Fsp3) is 0.250. The second-order valence-corrected chi connectivity index (χ2v) is 9.35. The summed E-state index contributed by atoms with van der Waals surface area (Å²) in [6.07, 6.45) is 0. The van der Waals surface area contributed by atoms with E-state index < -0.39 is 20.0 Å². The maximum Gasteiger partial charge on any atom is 0.242 e. The zero-order valence-corrected chi connectivity index (χ0v) is 15.8. The highest BCUT2D eigenvalue weighted by Crippen LogP contribution is 2.17. The molecule has 2 rings (SSSR count). The molecule has 0 aliphatic heterocycles. The lowest BCUT2D eigenvalue weighted by molar-refractivity contribution is 0.414. The SMILES string of the molecule is COc1ccc(S(=O)(=O)NCc2ccc(S(=O)(=O)N(C)C)cc2)cc1. The molecule has 0 unspecified atom stereocenters. The van der Waals surface area contributed by atoms with Crippen LogP contribution in [0.15, 0.2) is 58.3 Å². The van der Waals surface area contributed by atoms with Crippen LogP contribution < -0.4 is 9.46 Å². The Balaban J connectivity index is 2.10. The first kappa shape index (κ1) is 19.4. The summed E-state index contributed by atoms with van der Waals surface area (Å²) in [6, 6.07) is 12.1. The van der Waals surface area contributed by atoms with E-state index >= 15 is 0 Å². The van der Waals surface area contributed by atoms with E-state index in [0.717, 1.165) is 4.31 Å². The molecule has 0 aliphatic carbocycles. The van der Waals surface area contributed by atoms with Gasteiger partial charge in [0.25, 0.3) is 0 Å². The Labute approximate surface area is 148 Å². The van der Waals surface area contributed by atoms with Crippen molar-refractivity contribution < 1.29 is 21.6 Å². The Kier molecular flexibility index (Phi) is 5.83. The highest BCUT2D eigenvalue weighted by Gasteiger charge is 2.17. The van der Waals surface area contributed by atoms with E-state index in [4.69, 9.17) is 4.74 Å². The Bertz CT molecular complexity index is 919. The molecule has 25 heavy (non-hydrogen) atoms. The van der Waals surface area contributed by atoms with Gasteiger partial charge in [-0.25, -0.2) is 25.9 Å². The fourth-order valence-electron chi connectivity index (χ4n) is 2.01. The van der Waals surface area contributed by atoms with Crippen molar-refractivity contribution in [2.24, 2.45) is 0 Å². The molecule has 2 aromatic rings. The van der Waals surface area contributed by atoms with E-state index in [1.165, 1.54) is 45.5 Å². The molecular weight excluding hydrogens is 364 g/mol. The van der Waals surface area contributed by atoms with Crippen molar-refractivity contribution in [3.05, 3.63) is 54.1 Å². The summed E-state index contributed by atoms with van der Waals surface area (Å²) >= 11 is 0. The monoisotopic (exact) mass is 384 g/mol. The average Bonchev–Trinajstić information content (AvgIpc) is 2.60. The van der Waals surface area contributed by atoms with Gasteiger partial charge in [0.05, 0.1) is 16.9 Å². The van der Waals surface area contributed by atoms with Gasteiger partial charge in [-0.2, -0.15) is 0 Å². The molecule has 0 radical (unpaired) electrons. The Morgan fingerprint density at radius 1 is 0.880 bits per heavy atom. The Morgan fingerprint density at radius 3 is 1.88 bits per heavy atom. The van der Waals surface area contributed by atoms with Gasteiger partial charge in [0.1, 0.15) is 5.75 Å². The normalized spacial score (nSPS) is 12.3. The van der Waals surface area contributed by atoms with Gasteiger partial charge < -0.3 is 4.74 Å². The minimum Gasteiger partial charge on any atom is -0.497 e. The number of hydrogen-bond donors (Lipinski definition) is 1. The highest BCUT2D eigenvalue weighted by atomic mass is 32.2. The van der Waals surface area contributed by atoms with E-state index in [9.17, 15) is 16.8 Å². The third kappa shape index (κ3) is 4.57. The van der Waals surface area contributed by atoms with Crippen molar-refractivity contribution in [1.29, 1.82) is 0 Å². The summed E-state index contributed by atoms with van der Waals surface area (Å²) in [5.74, 6) is 0.566. The fourth-order valence-corrected chi connectivity index (χ4v) is 3.93. The van der Waals surface area contributed by atoms with Crippen molar-refractivity contribution in [3.63, 3.8) is 0 Å². The van der Waals surface area contributed by atoms with Gasteiger partial charge in [0.2, 0.25) is 20.0 Å². The van der Waals surface area contributed by atoms with Gasteiger partial charge in [0, 0.05) is 20.6 Å². The summed E-state index contributed by atoms with van der Waals surface area (Å²) in [6.45, 7) is 0.0522. The molecule has 0 fully saturated rings. The third-order valence-corrected chi connectivity index (χ3v) is 6.78. The second kappa shape index (κ2) is 7.52. The molecular formula is C16H20N2O5S2. The van der Waals surface area contributed by atoms with Gasteiger partial charge >= 0.3 is 0 Å². The number of nitrogens with one attached hydrogen (secondary N) is 1. The van der Waals surface area contributed by atoms with Crippen LogP contribution in [-0.4, -0.2) is 42.3 Å². The maximum atomic E-state index is 12.3. The summed E-state index contributed by atoms with van der Waals surface area (Å²) < 4.78 is 57.1. The van der Waals surface area contributed by atoms with Crippen molar-refractivity contribution in [2.75, 3.05) is 21.2 Å². The number of rotatable bonds is 7. The first-order valence-corrected chi connectivity index (χ1v) is 10.2. The lowest BCUT2D eigenvalue weighted by Gasteiger charge is -2.12. The minimum absolute atomic E-state index is 0.0522. The van der Waals surface area contributed by atoms with E-state index in [0.29, 0.717) is 11.3 Å². The van der Waals surface area contributed by atoms with Gasteiger partial charge in [-0.1, -0.05) is 12.1 Å². The maximum absolute atomic E-state index is 12.3. The molecule has 1 N–H and O–H groups in total. The molecule has 7 nitrogen and oxygen atoms in total. The quantitative estimate of drug-likeness (QED) is 0.779. The zero-order valence-electron chi connectivity index (χ0n) is 14.1. The lowest BCUT2D eigenvalue weighted by atomic mass is 10.2. The van der Waals surface area contributed by atoms with E-state index in [2.05, 4.69) is 4.72 Å². The van der Waals surface area contributed by atoms with Crippen molar-refractivity contribution in [2.45, 2.75) is 16.3 Å². The Hall–Kier alpha value is -1.94. The standard InChI is InChI=1S/C16H20N2O5S2/c1-18(2)25(21,22)16-8-4-13(5-9-16)12-17-24(19,20)15-10-6-14(23-3)7-11-15/h4-11,17H,12H2,1-3H3. The van der Waals surface area contributed by atoms with E-state index in [1.54, 1.807) is 24.3 Å². The molecule has 0 saturated heterocycles. The molecule has 0 amide bonds. The number of methoxy groups -OCH3 is 1. The smallest absolute Gasteiger partial charge is 0.242 e. The van der Waals surface area contributed by atoms with E-state index in [-0.39, 0.29) is 16.3 Å². The zero-order chi connectivity index (χ0) is 18.7. The van der Waals surface area contributed by atoms with Crippen molar-refractivity contribution in [1.82, 2.24) is 9.03 Å². The predicted molar refractivity (Wildman–Crippen MR) is 94.3 cm³/mol. The van der Waals surface area contributed by atoms with Crippen LogP contribution in [0.5, 0.6) is 5.75 Å². The van der Waals surface area contributed by atoms with Crippen molar-refractivity contribution >= 4 is 20.0 Å². The van der Waals surface area contributed by atoms with Crippen LogP contribution >= 0.6 is 0 Å². The van der Waals surface area contributed by atoms with Crippen LogP contribution in [0.1, 0.15) is 5.56 Å². The van der Waals surface area contributed by atoms with Crippen LogP contribution in [0.2, 0.25) is 0 Å². The topological polar surface area (TPSA) is 92.8 Å². The van der Waals surface area contributed by atoms with Gasteiger partial charge in [0.15, 0.2) is 0 Å². The highest BCUT2D eigenvalue weighted by molar-refractivity contribution is 7.89. The van der Waals surface area contributed by atoms with Crippen LogP contribution in [-0.2, 0) is 26.6 Å². The molecule has 0 saturated carbocycles. The van der Waals surface area contributed by atoms with Crippen LogP contribution in [0.25, 0.3) is 0 Å². The van der Waals surface area contributed by atoms with Gasteiger partial charge in [-0.3, -0.25) is 0 Å². The van der Waals surface area contributed by atoms with Gasteiger partial charge in [-0.15, -0.1) is 0 Å². The predicted octanol–water partition coefficient (Wildman–Crippen LogP) is 1.42. The lowest BCUT2D eigenvalue weighted by Crippen LogP contribution is -2.24. The number of sulfonamides is 2. The van der Waals surface area contributed by atoms with Crippen LogP contribution in [0.3, 0.4) is 0 Å². The molecule has 0 aromatic heterocycles. The largest absolute Gasteiger partial charge is 0.497 e. The molecule has 0 aliphatic rings. The molecule has 2 aromatic carbocycles. The number of ether oxygens (including phenoxy) is 1. The van der Waals surface area contributed by atoms with E-state index in [1.807, 2.05) is 0 Å². The third-order valence-electron chi connectivity index (χ3n) is 3.54. The summed E-state index contributed by atoms with van der Waals surface area (Å²) in [5, 5.41) is 0. The molecule has 0 spiro atoms.